The van der Waals surface area contributed by atoms with Crippen molar-refractivity contribution in [3.63, 3.8) is 0 Å². The van der Waals surface area contributed by atoms with E-state index in [0.717, 1.165) is 12.4 Å². The van der Waals surface area contributed by atoms with Crippen LogP contribution in [0.2, 0.25) is 0 Å². The van der Waals surface area contributed by atoms with Crippen molar-refractivity contribution in [2.45, 2.75) is 20.1 Å². The molecule has 0 bridgehead atoms. The van der Waals surface area contributed by atoms with Gasteiger partial charge in [0.25, 0.3) is 0 Å². The number of hydrogen-bond acceptors (Lipinski definition) is 4. The highest BCUT2D eigenvalue weighted by molar-refractivity contribution is 5.87. The van der Waals surface area contributed by atoms with Crippen LogP contribution in [0.15, 0.2) is 6.20 Å². The molecule has 0 spiro atoms. The maximum atomic E-state index is 11.3. The molecule has 2 rings (SSSR count). The molecule has 0 fully saturated rings. The summed E-state index contributed by atoms with van der Waals surface area (Å²) in [6.45, 7) is 4.04. The highest BCUT2D eigenvalue weighted by Gasteiger charge is 2.17. The average molecular weight is 196 g/mol. The number of aromatic nitrogens is 2. The van der Waals surface area contributed by atoms with Crippen LogP contribution in [0.25, 0.3) is 0 Å². The minimum Gasteiger partial charge on any atom is -0.461 e. The van der Waals surface area contributed by atoms with E-state index in [-0.39, 0.29) is 5.97 Å². The van der Waals surface area contributed by atoms with Gasteiger partial charge in [-0.1, -0.05) is 0 Å². The lowest BCUT2D eigenvalue weighted by Crippen LogP contribution is -2.15. The van der Waals surface area contributed by atoms with E-state index in [9.17, 15) is 4.79 Å². The van der Waals surface area contributed by atoms with Gasteiger partial charge in [0.05, 0.1) is 13.2 Å². The summed E-state index contributed by atoms with van der Waals surface area (Å²) in [5, 5.41) is 0. The maximum absolute atomic E-state index is 11.3. The van der Waals surface area contributed by atoms with Crippen molar-refractivity contribution in [1.82, 2.24) is 9.55 Å². The number of fused-ring (bicyclic) bond motifs is 1. The molecule has 2 heterocycles. The van der Waals surface area contributed by atoms with Crippen molar-refractivity contribution < 1.29 is 14.3 Å². The van der Waals surface area contributed by atoms with Crippen LogP contribution in [-0.2, 0) is 22.6 Å². The third kappa shape index (κ3) is 1.63. The molecule has 1 aliphatic heterocycles. The lowest BCUT2D eigenvalue weighted by Gasteiger charge is -2.13. The van der Waals surface area contributed by atoms with Crippen molar-refractivity contribution in [2.24, 2.45) is 0 Å². The average Bonchev–Trinajstić information content (AvgIpc) is 2.61. The van der Waals surface area contributed by atoms with E-state index in [4.69, 9.17) is 9.47 Å². The number of esters is 1. The summed E-state index contributed by atoms with van der Waals surface area (Å²) in [4.78, 5) is 15.5. The van der Waals surface area contributed by atoms with Crippen LogP contribution in [0.4, 0.5) is 0 Å². The highest BCUT2D eigenvalue weighted by atomic mass is 16.5. The molecule has 0 aliphatic carbocycles. The standard InChI is InChI=1S/C9H12N2O3/c1-2-14-9(12)7-5-11-3-4-13-6-8(11)10-7/h5H,2-4,6H2,1H3. The van der Waals surface area contributed by atoms with Gasteiger partial charge in [-0.15, -0.1) is 0 Å². The number of nitrogens with zero attached hydrogens (tertiary/aromatic N) is 2. The first-order chi connectivity index (χ1) is 6.81. The molecule has 0 atom stereocenters. The number of imidazole rings is 1. The Bertz CT molecular complexity index is 322. The first kappa shape index (κ1) is 9.21. The van der Waals surface area contributed by atoms with Crippen LogP contribution in [0.1, 0.15) is 23.2 Å². The molecular weight excluding hydrogens is 184 g/mol. The minimum absolute atomic E-state index is 0.366. The van der Waals surface area contributed by atoms with Gasteiger partial charge in [0, 0.05) is 12.7 Å². The summed E-state index contributed by atoms with van der Waals surface area (Å²) in [5.41, 5.74) is 0.368. The predicted octanol–water partition coefficient (Wildman–Crippen LogP) is 0.590. The molecule has 1 aliphatic rings. The molecule has 5 heteroatoms. The molecular formula is C9H12N2O3. The van der Waals surface area contributed by atoms with Crippen molar-refractivity contribution in [2.75, 3.05) is 13.2 Å². The molecule has 0 unspecified atom stereocenters. The molecule has 0 aromatic carbocycles. The van der Waals surface area contributed by atoms with E-state index in [1.807, 2.05) is 4.57 Å². The van der Waals surface area contributed by atoms with Crippen molar-refractivity contribution in [3.05, 3.63) is 17.7 Å². The predicted molar refractivity (Wildman–Crippen MR) is 47.8 cm³/mol. The van der Waals surface area contributed by atoms with Crippen LogP contribution in [0, 0.1) is 0 Å². The lowest BCUT2D eigenvalue weighted by atomic mass is 10.5. The second kappa shape index (κ2) is 3.79. The Hall–Kier alpha value is -1.36. The largest absolute Gasteiger partial charge is 0.461 e. The van der Waals surface area contributed by atoms with E-state index in [2.05, 4.69) is 4.98 Å². The van der Waals surface area contributed by atoms with Crippen molar-refractivity contribution in [3.8, 4) is 0 Å². The van der Waals surface area contributed by atoms with Crippen LogP contribution >= 0.6 is 0 Å². The fraction of sp³-hybridized carbons (Fsp3) is 0.556. The van der Waals surface area contributed by atoms with Gasteiger partial charge in [0.1, 0.15) is 12.4 Å². The lowest BCUT2D eigenvalue weighted by molar-refractivity contribution is 0.0519. The van der Waals surface area contributed by atoms with Gasteiger partial charge in [-0.05, 0) is 6.92 Å². The van der Waals surface area contributed by atoms with Crippen molar-refractivity contribution >= 4 is 5.97 Å². The number of hydrogen-bond donors (Lipinski definition) is 0. The molecule has 0 N–H and O–H groups in total. The summed E-state index contributed by atoms with van der Waals surface area (Å²) >= 11 is 0. The number of carbonyl (C=O) groups is 1. The SMILES string of the molecule is CCOC(=O)c1cn2c(n1)COCC2. The summed E-state index contributed by atoms with van der Waals surface area (Å²) < 4.78 is 12.0. The van der Waals surface area contributed by atoms with Crippen LogP contribution < -0.4 is 0 Å². The monoisotopic (exact) mass is 196 g/mol. The zero-order chi connectivity index (χ0) is 9.97. The molecule has 5 nitrogen and oxygen atoms in total. The molecule has 76 valence electrons. The Labute approximate surface area is 81.6 Å². The third-order valence-electron chi connectivity index (χ3n) is 2.05. The smallest absolute Gasteiger partial charge is 0.358 e. The molecule has 0 amide bonds. The summed E-state index contributed by atoms with van der Waals surface area (Å²) in [5.74, 6) is 0.425. The molecule has 0 saturated carbocycles. The van der Waals surface area contributed by atoms with Gasteiger partial charge in [-0.2, -0.15) is 0 Å². The first-order valence-corrected chi connectivity index (χ1v) is 4.62. The van der Waals surface area contributed by atoms with E-state index < -0.39 is 0 Å². The van der Waals surface area contributed by atoms with Gasteiger partial charge in [-0.3, -0.25) is 0 Å². The summed E-state index contributed by atoms with van der Waals surface area (Å²) in [7, 11) is 0. The van der Waals surface area contributed by atoms with Gasteiger partial charge in [0.15, 0.2) is 5.69 Å². The van der Waals surface area contributed by atoms with Gasteiger partial charge in [0.2, 0.25) is 0 Å². The Morgan fingerprint density at radius 3 is 3.36 bits per heavy atom. The van der Waals surface area contributed by atoms with Gasteiger partial charge < -0.3 is 14.0 Å². The van der Waals surface area contributed by atoms with E-state index in [1.54, 1.807) is 13.1 Å². The van der Waals surface area contributed by atoms with Crippen LogP contribution in [0.3, 0.4) is 0 Å². The van der Waals surface area contributed by atoms with Crippen LogP contribution in [0.5, 0.6) is 0 Å². The fourth-order valence-corrected chi connectivity index (χ4v) is 1.39. The highest BCUT2D eigenvalue weighted by Crippen LogP contribution is 2.10. The maximum Gasteiger partial charge on any atom is 0.358 e. The zero-order valence-electron chi connectivity index (χ0n) is 8.02. The van der Waals surface area contributed by atoms with Gasteiger partial charge in [-0.25, -0.2) is 9.78 Å². The molecule has 14 heavy (non-hydrogen) atoms. The van der Waals surface area contributed by atoms with Gasteiger partial charge >= 0.3 is 5.97 Å². The van der Waals surface area contributed by atoms with Crippen LogP contribution in [-0.4, -0.2) is 28.7 Å². The Morgan fingerprint density at radius 2 is 2.64 bits per heavy atom. The second-order valence-electron chi connectivity index (χ2n) is 3.01. The number of carbonyl (C=O) groups excluding carboxylic acids is 1. The minimum atomic E-state index is -0.366. The molecule has 0 radical (unpaired) electrons. The Morgan fingerprint density at radius 1 is 1.79 bits per heavy atom. The second-order valence-corrected chi connectivity index (χ2v) is 3.01. The first-order valence-electron chi connectivity index (χ1n) is 4.62. The summed E-state index contributed by atoms with van der Waals surface area (Å²) in [6, 6.07) is 0. The number of rotatable bonds is 2. The quantitative estimate of drug-likeness (QED) is 0.649. The normalized spacial score (nSPS) is 14.9. The third-order valence-corrected chi connectivity index (χ3v) is 2.05. The van der Waals surface area contributed by atoms with E-state index >= 15 is 0 Å². The Kier molecular flexibility index (Phi) is 2.49. The molecule has 0 saturated heterocycles. The topological polar surface area (TPSA) is 53.4 Å². The zero-order valence-corrected chi connectivity index (χ0v) is 8.02. The number of ether oxygens (including phenoxy) is 2. The van der Waals surface area contributed by atoms with E-state index in [1.165, 1.54) is 0 Å². The van der Waals surface area contributed by atoms with E-state index in [0.29, 0.717) is 25.5 Å². The summed E-state index contributed by atoms with van der Waals surface area (Å²) in [6.07, 6.45) is 1.72. The Balaban J connectivity index is 2.19. The molecule has 1 aromatic rings. The van der Waals surface area contributed by atoms with Crippen molar-refractivity contribution in [1.29, 1.82) is 0 Å². The molecule has 1 aromatic heterocycles. The fourth-order valence-electron chi connectivity index (χ4n) is 1.39.